The summed E-state index contributed by atoms with van der Waals surface area (Å²) in [4.78, 5) is 77.4. The van der Waals surface area contributed by atoms with Crippen molar-refractivity contribution in [2.45, 2.75) is 6.42 Å². The van der Waals surface area contributed by atoms with Gasteiger partial charge in [-0.3, -0.25) is 28.8 Å². The predicted molar refractivity (Wildman–Crippen MR) is 201 cm³/mol. The van der Waals surface area contributed by atoms with Gasteiger partial charge in [0.2, 0.25) is 11.8 Å². The van der Waals surface area contributed by atoms with Crippen molar-refractivity contribution in [2.75, 3.05) is 23.9 Å². The molecule has 18 heteroatoms. The van der Waals surface area contributed by atoms with E-state index in [0.29, 0.717) is 0 Å². The number of carbonyl (C=O) groups is 6. The number of halogens is 10. The van der Waals surface area contributed by atoms with Crippen LogP contribution >= 0.6 is 182 Å². The van der Waals surface area contributed by atoms with Gasteiger partial charge in [0.05, 0.1) is 47.9 Å². The predicted octanol–water partition coefficient (Wildman–Crippen LogP) is 7.85. The van der Waals surface area contributed by atoms with E-state index in [1.165, 1.54) is 14.1 Å². The Hall–Kier alpha value is 1.60. The van der Waals surface area contributed by atoms with Crippen LogP contribution in [0.4, 0.5) is 11.4 Å². The molecule has 0 N–H and O–H groups in total. The van der Waals surface area contributed by atoms with Crippen molar-refractivity contribution in [3.05, 3.63) is 43.7 Å². The molecule has 0 unspecified atom stereocenters. The van der Waals surface area contributed by atoms with Gasteiger partial charge in [0.1, 0.15) is 6.42 Å². The first-order valence-electron chi connectivity index (χ1n) is 9.61. The zero-order valence-corrected chi connectivity index (χ0v) is 34.8. The Kier molecular flexibility index (Phi) is 14.2. The van der Waals surface area contributed by atoms with Gasteiger partial charge in [-0.2, -0.15) is 0 Å². The van der Waals surface area contributed by atoms with Crippen LogP contribution in [0.2, 0.25) is 0 Å². The molecule has 2 aromatic rings. The molecule has 0 aliphatic rings. The molecule has 0 bridgehead atoms. The third-order valence-corrected chi connectivity index (χ3v) is 12.2. The average molecular weight is 1290 g/mol. The van der Waals surface area contributed by atoms with Crippen LogP contribution in [-0.4, -0.2) is 46.9 Å². The van der Waals surface area contributed by atoms with Gasteiger partial charge in [0, 0.05) is 21.2 Å². The van der Waals surface area contributed by atoms with E-state index in [1.807, 2.05) is 90.4 Å². The summed E-state index contributed by atoms with van der Waals surface area (Å²) in [5.74, 6) is -1.38. The van der Waals surface area contributed by atoms with Crippen LogP contribution in [-0.2, 0) is 9.59 Å². The van der Waals surface area contributed by atoms with Crippen LogP contribution in [0.3, 0.4) is 0 Å². The van der Waals surface area contributed by atoms with Crippen molar-refractivity contribution in [1.82, 2.24) is 0 Å². The van der Waals surface area contributed by atoms with Crippen molar-refractivity contribution < 1.29 is 28.8 Å². The zero-order chi connectivity index (χ0) is 30.3. The molecule has 0 aliphatic heterocycles. The Morgan fingerprint density at radius 2 is 0.692 bits per heavy atom. The fourth-order valence-corrected chi connectivity index (χ4v) is 15.0. The third kappa shape index (κ3) is 7.64. The summed E-state index contributed by atoms with van der Waals surface area (Å²) in [6.45, 7) is 0. The molecular weight excluding hydrogens is 1280 g/mol. The van der Waals surface area contributed by atoms with Gasteiger partial charge in [-0.1, -0.05) is 0 Å². The van der Waals surface area contributed by atoms with E-state index in [9.17, 15) is 28.8 Å². The van der Waals surface area contributed by atoms with E-state index in [-0.39, 0.29) is 55.0 Å². The molecule has 208 valence electrons. The van der Waals surface area contributed by atoms with Crippen LogP contribution in [0, 0.1) is 21.4 Å². The van der Waals surface area contributed by atoms with Crippen LogP contribution in [0.25, 0.3) is 0 Å². The maximum atomic E-state index is 13.3. The van der Waals surface area contributed by atoms with Crippen LogP contribution < -0.4 is 9.80 Å². The van der Waals surface area contributed by atoms with E-state index in [1.54, 1.807) is 45.2 Å². The molecule has 0 radical (unpaired) electrons. The second-order valence-corrected chi connectivity index (χ2v) is 15.1. The van der Waals surface area contributed by atoms with Gasteiger partial charge in [-0.15, -0.1) is 0 Å². The summed E-state index contributed by atoms with van der Waals surface area (Å²) >= 11 is 34.0. The number of rotatable bonds is 8. The number of hydrogen-bond acceptors (Lipinski definition) is 6. The van der Waals surface area contributed by atoms with E-state index in [2.05, 4.69) is 0 Å². The van der Waals surface area contributed by atoms with Crippen LogP contribution in [0.15, 0.2) is 0 Å². The summed E-state index contributed by atoms with van der Waals surface area (Å²) in [5.41, 5.74) is 0.349. The second kappa shape index (κ2) is 15.1. The SMILES string of the molecule is CN(C(=O)CC(=O)N(C)c1c(I)c(C(=O)Cl)c(I)c(C(=O)Cl)c1I)c1c(I)c(C(=O)Cl)c(I)c(C(=O)Cl)c1I. The summed E-state index contributed by atoms with van der Waals surface area (Å²) in [6, 6.07) is 0. The minimum atomic E-state index is -0.852. The maximum absolute atomic E-state index is 13.3. The zero-order valence-electron chi connectivity index (χ0n) is 18.8. The molecule has 2 rings (SSSR count). The molecule has 0 aliphatic carbocycles. The number of hydrogen-bond donors (Lipinski definition) is 0. The highest BCUT2D eigenvalue weighted by atomic mass is 127. The molecular formula is C21H8Cl4I6N2O6. The summed E-state index contributed by atoms with van der Waals surface area (Å²) < 4.78 is 1.63. The maximum Gasteiger partial charge on any atom is 0.254 e. The Bertz CT molecular complexity index is 1310. The minimum Gasteiger partial charge on any atom is -0.313 e. The highest BCUT2D eigenvalue weighted by molar-refractivity contribution is 14.1. The van der Waals surface area contributed by atoms with E-state index < -0.39 is 39.2 Å². The van der Waals surface area contributed by atoms with Crippen LogP contribution in [0.1, 0.15) is 47.9 Å². The minimum absolute atomic E-state index is 0.0000784. The highest BCUT2D eigenvalue weighted by Crippen LogP contribution is 2.40. The molecule has 0 aromatic heterocycles. The van der Waals surface area contributed by atoms with Crippen molar-refractivity contribution >= 4 is 226 Å². The number of carbonyl (C=O) groups excluding carboxylic acids is 6. The lowest BCUT2D eigenvalue weighted by Crippen LogP contribution is -2.36. The monoisotopic (exact) mass is 1290 g/mol. The van der Waals surface area contributed by atoms with Crippen molar-refractivity contribution in [2.24, 2.45) is 0 Å². The summed E-state index contributed by atoms with van der Waals surface area (Å²) in [7, 11) is 2.75. The van der Waals surface area contributed by atoms with Gasteiger partial charge in [0.25, 0.3) is 21.0 Å². The average Bonchev–Trinajstić information content (AvgIpc) is 2.77. The molecule has 0 saturated carbocycles. The molecule has 2 amide bonds. The molecule has 8 nitrogen and oxygen atoms in total. The number of benzene rings is 2. The Balaban J connectivity index is 2.60. The standard InChI is InChI=1S/C21H8Cl4I6N2O6/c1-32(16-12(28)6(18(22)36)10(26)7(13(16)29)19(23)37)4(34)3-5(35)33(2)17-14(30)8(20(24)38)11(27)9(15(17)31)21(25)39/h3H2,1-2H3. The molecule has 2 aromatic carbocycles. The van der Waals surface area contributed by atoms with Gasteiger partial charge >= 0.3 is 0 Å². The largest absolute Gasteiger partial charge is 0.313 e. The first-order valence-corrected chi connectivity index (χ1v) is 17.6. The lowest BCUT2D eigenvalue weighted by Gasteiger charge is -2.26. The first kappa shape index (κ1) is 36.8. The molecule has 0 heterocycles. The second-order valence-electron chi connectivity index (χ2n) is 7.26. The van der Waals surface area contributed by atoms with E-state index in [4.69, 9.17) is 46.4 Å². The Morgan fingerprint density at radius 3 is 0.872 bits per heavy atom. The molecule has 0 saturated heterocycles. The normalized spacial score (nSPS) is 10.8. The fraction of sp³-hybridized carbons (Fsp3) is 0.143. The van der Waals surface area contributed by atoms with Gasteiger partial charge < -0.3 is 9.80 Å². The fourth-order valence-electron chi connectivity index (χ4n) is 3.20. The van der Waals surface area contributed by atoms with E-state index in [0.717, 1.165) is 9.80 Å². The van der Waals surface area contributed by atoms with Crippen LogP contribution in [0.5, 0.6) is 0 Å². The van der Waals surface area contributed by atoms with Crippen molar-refractivity contribution in [3.63, 3.8) is 0 Å². The van der Waals surface area contributed by atoms with Gasteiger partial charge in [-0.05, 0) is 182 Å². The quantitative estimate of drug-likeness (QED) is 0.152. The summed E-state index contributed by atoms with van der Waals surface area (Å²) in [6.07, 6.45) is -0.661. The van der Waals surface area contributed by atoms with Gasteiger partial charge in [0.15, 0.2) is 0 Å². The molecule has 0 spiro atoms. The first-order chi connectivity index (χ1) is 17.9. The third-order valence-electron chi connectivity index (χ3n) is 5.10. The Labute approximate surface area is 323 Å². The Morgan fingerprint density at radius 1 is 0.487 bits per heavy atom. The topological polar surface area (TPSA) is 109 Å². The lowest BCUT2D eigenvalue weighted by atomic mass is 10.1. The number of amides is 2. The van der Waals surface area contributed by atoms with E-state index >= 15 is 0 Å². The highest BCUT2D eigenvalue weighted by Gasteiger charge is 2.33. The van der Waals surface area contributed by atoms with Crippen molar-refractivity contribution in [3.8, 4) is 0 Å². The summed E-state index contributed by atoms with van der Waals surface area (Å²) in [5, 5.41) is -3.41. The number of nitrogens with zero attached hydrogens (tertiary/aromatic N) is 2. The number of anilines is 2. The van der Waals surface area contributed by atoms with Crippen molar-refractivity contribution in [1.29, 1.82) is 0 Å². The molecule has 39 heavy (non-hydrogen) atoms. The smallest absolute Gasteiger partial charge is 0.254 e. The molecule has 0 atom stereocenters. The lowest BCUT2D eigenvalue weighted by molar-refractivity contribution is -0.126. The van der Waals surface area contributed by atoms with Gasteiger partial charge in [-0.25, -0.2) is 0 Å². The molecule has 0 fully saturated rings.